The number of phenols is 1. The molecular weight excluding hydrogens is 370 g/mol. The van der Waals surface area contributed by atoms with Crippen LogP contribution in [-0.2, 0) is 16.8 Å². The molecule has 1 unspecified atom stereocenters. The molecule has 1 aliphatic heterocycles. The highest BCUT2D eigenvalue weighted by atomic mass is 32.1. The Bertz CT molecular complexity index is 1020. The average molecular weight is 391 g/mol. The summed E-state index contributed by atoms with van der Waals surface area (Å²) in [6.07, 6.45) is 3.61. The molecule has 2 N–H and O–H groups in total. The minimum Gasteiger partial charge on any atom is -0.508 e. The number of rotatable bonds is 4. The summed E-state index contributed by atoms with van der Waals surface area (Å²) in [5.41, 5.74) is 5.09. The van der Waals surface area contributed by atoms with Crippen molar-refractivity contribution in [3.05, 3.63) is 87.6 Å². The Morgan fingerprint density at radius 3 is 2.64 bits per heavy atom. The number of fused-ring (bicyclic) bond motifs is 1. The first-order valence-corrected chi connectivity index (χ1v) is 10.1. The van der Waals surface area contributed by atoms with E-state index < -0.39 is 11.5 Å². The van der Waals surface area contributed by atoms with Gasteiger partial charge in [0.25, 0.3) is 0 Å². The average Bonchev–Trinajstić information content (AvgIpc) is 3.21. The van der Waals surface area contributed by atoms with Crippen LogP contribution in [-0.4, -0.2) is 22.7 Å². The molecule has 0 fully saturated rings. The monoisotopic (exact) mass is 391 g/mol. The van der Waals surface area contributed by atoms with Gasteiger partial charge >= 0.3 is 5.97 Å². The van der Waals surface area contributed by atoms with Gasteiger partial charge in [-0.3, -0.25) is 0 Å². The van der Waals surface area contributed by atoms with E-state index in [0.29, 0.717) is 5.75 Å². The molecule has 0 radical (unpaired) electrons. The number of thiophene rings is 1. The third-order valence-corrected chi connectivity index (χ3v) is 6.14. The Labute approximate surface area is 168 Å². The van der Waals surface area contributed by atoms with Gasteiger partial charge in [-0.05, 0) is 65.3 Å². The van der Waals surface area contributed by atoms with Gasteiger partial charge in [0.05, 0.1) is 5.54 Å². The van der Waals surface area contributed by atoms with Crippen LogP contribution in [0, 0.1) is 0 Å². The lowest BCUT2D eigenvalue weighted by Crippen LogP contribution is -2.49. The second kappa shape index (κ2) is 7.17. The summed E-state index contributed by atoms with van der Waals surface area (Å²) in [6.45, 7) is 3.06. The number of benzene rings is 2. The Morgan fingerprint density at radius 1 is 1.18 bits per heavy atom. The Morgan fingerprint density at radius 2 is 1.96 bits per heavy atom. The van der Waals surface area contributed by atoms with Crippen molar-refractivity contribution >= 4 is 29.1 Å². The molecule has 0 saturated heterocycles. The third kappa shape index (κ3) is 3.18. The van der Waals surface area contributed by atoms with Gasteiger partial charge in [-0.1, -0.05) is 30.3 Å². The maximum Gasteiger partial charge on any atom is 0.328 e. The lowest BCUT2D eigenvalue weighted by atomic mass is 9.76. The fourth-order valence-corrected chi connectivity index (χ4v) is 4.70. The van der Waals surface area contributed by atoms with Gasteiger partial charge in [-0.2, -0.15) is 11.3 Å². The van der Waals surface area contributed by atoms with Crippen molar-refractivity contribution in [1.82, 2.24) is 0 Å². The maximum atomic E-state index is 10.8. The van der Waals surface area contributed by atoms with Crippen molar-refractivity contribution in [2.75, 3.05) is 11.4 Å². The van der Waals surface area contributed by atoms with E-state index in [1.807, 2.05) is 24.3 Å². The second-order valence-electron chi connectivity index (χ2n) is 7.09. The first-order chi connectivity index (χ1) is 13.5. The van der Waals surface area contributed by atoms with Crippen molar-refractivity contribution < 1.29 is 15.0 Å². The number of carboxylic acids is 1. The van der Waals surface area contributed by atoms with Crippen molar-refractivity contribution in [3.8, 4) is 5.75 Å². The minimum atomic E-state index is -0.958. The molecule has 4 nitrogen and oxygen atoms in total. The van der Waals surface area contributed by atoms with Crippen molar-refractivity contribution in [1.29, 1.82) is 0 Å². The van der Waals surface area contributed by atoms with Crippen LogP contribution in [0.2, 0.25) is 0 Å². The van der Waals surface area contributed by atoms with Crippen LogP contribution in [0.5, 0.6) is 5.75 Å². The molecule has 1 aliphatic rings. The highest BCUT2D eigenvalue weighted by molar-refractivity contribution is 7.08. The summed E-state index contributed by atoms with van der Waals surface area (Å²) in [5.74, 6) is -0.667. The van der Waals surface area contributed by atoms with Crippen LogP contribution in [0.15, 0.2) is 65.4 Å². The summed E-state index contributed by atoms with van der Waals surface area (Å²) in [5, 5.41) is 23.0. The normalized spacial score (nSPS) is 19.0. The number of hydrogen-bond acceptors (Lipinski definition) is 4. The van der Waals surface area contributed by atoms with E-state index in [9.17, 15) is 9.90 Å². The summed E-state index contributed by atoms with van der Waals surface area (Å²) >= 11 is 1.68. The van der Waals surface area contributed by atoms with Crippen LogP contribution >= 0.6 is 11.3 Å². The van der Waals surface area contributed by atoms with Crippen LogP contribution in [0.4, 0.5) is 5.69 Å². The Balaban J connectivity index is 1.83. The van der Waals surface area contributed by atoms with Gasteiger partial charge in [0.15, 0.2) is 0 Å². The summed E-state index contributed by atoms with van der Waals surface area (Å²) in [7, 11) is 0. The summed E-state index contributed by atoms with van der Waals surface area (Å²) in [4.78, 5) is 13.2. The zero-order valence-electron chi connectivity index (χ0n) is 15.5. The number of anilines is 1. The Kier molecular flexibility index (Phi) is 4.69. The maximum absolute atomic E-state index is 10.8. The van der Waals surface area contributed by atoms with E-state index in [4.69, 9.17) is 5.11 Å². The zero-order chi connectivity index (χ0) is 19.7. The third-order valence-electron chi connectivity index (χ3n) is 5.47. The zero-order valence-corrected chi connectivity index (χ0v) is 16.3. The molecular formula is C23H21NO3S. The Hall–Kier alpha value is -3.05. The molecule has 2 heterocycles. The van der Waals surface area contributed by atoms with E-state index in [0.717, 1.165) is 35.7 Å². The number of phenolic OH excluding ortho intramolecular Hbond substituents is 1. The second-order valence-corrected chi connectivity index (χ2v) is 7.87. The first-order valence-electron chi connectivity index (χ1n) is 9.12. The number of aliphatic carboxylic acids is 1. The van der Waals surface area contributed by atoms with Crippen LogP contribution in [0.1, 0.15) is 29.2 Å². The van der Waals surface area contributed by atoms with E-state index in [1.165, 1.54) is 11.3 Å². The van der Waals surface area contributed by atoms with E-state index in [-0.39, 0.29) is 0 Å². The quantitative estimate of drug-likeness (QED) is 0.623. The molecule has 1 aromatic heterocycles. The van der Waals surface area contributed by atoms with E-state index in [2.05, 4.69) is 40.8 Å². The predicted molar refractivity (Wildman–Crippen MR) is 113 cm³/mol. The van der Waals surface area contributed by atoms with Gasteiger partial charge < -0.3 is 15.1 Å². The predicted octanol–water partition coefficient (Wildman–Crippen LogP) is 4.88. The van der Waals surface area contributed by atoms with Gasteiger partial charge in [-0.25, -0.2) is 4.79 Å². The highest BCUT2D eigenvalue weighted by Crippen LogP contribution is 2.44. The molecule has 2 aromatic carbocycles. The number of nitrogens with zero attached hydrogens (tertiary/aromatic N) is 1. The fourth-order valence-electron chi connectivity index (χ4n) is 4.06. The molecule has 0 spiro atoms. The molecule has 1 atom stereocenters. The number of aromatic hydroxyl groups is 1. The number of carbonyl (C=O) groups is 1. The van der Waals surface area contributed by atoms with Crippen LogP contribution in [0.25, 0.3) is 6.08 Å². The van der Waals surface area contributed by atoms with Crippen LogP contribution in [0.3, 0.4) is 0 Å². The van der Waals surface area contributed by atoms with Gasteiger partial charge in [0.2, 0.25) is 0 Å². The fraction of sp³-hybridized carbons (Fsp3) is 0.174. The van der Waals surface area contributed by atoms with Crippen molar-refractivity contribution in [2.24, 2.45) is 0 Å². The molecule has 4 rings (SSSR count). The molecule has 28 heavy (non-hydrogen) atoms. The molecule has 0 saturated carbocycles. The molecule has 0 aliphatic carbocycles. The lowest BCUT2D eigenvalue weighted by Gasteiger charge is -2.47. The first kappa shape index (κ1) is 18.3. The van der Waals surface area contributed by atoms with E-state index >= 15 is 0 Å². The molecule has 0 amide bonds. The van der Waals surface area contributed by atoms with Crippen LogP contribution < -0.4 is 4.90 Å². The topological polar surface area (TPSA) is 60.8 Å². The largest absolute Gasteiger partial charge is 0.508 e. The standard InChI is InChI=1S/C23H21NO3S/c1-23(18-5-2-16(3-6-18)4-9-22(26)27)21-8-7-20(25)14-17(21)10-12-24(23)19-11-13-28-15-19/h2-9,11,13-15,25H,10,12H2,1H3,(H,26,27)/b9-4+. The summed E-state index contributed by atoms with van der Waals surface area (Å²) in [6, 6.07) is 15.8. The smallest absolute Gasteiger partial charge is 0.328 e. The van der Waals surface area contributed by atoms with Crippen molar-refractivity contribution in [2.45, 2.75) is 18.9 Å². The lowest BCUT2D eigenvalue weighted by molar-refractivity contribution is -0.131. The molecule has 0 bridgehead atoms. The van der Waals surface area contributed by atoms with E-state index in [1.54, 1.807) is 23.5 Å². The van der Waals surface area contributed by atoms with Crippen molar-refractivity contribution in [3.63, 3.8) is 0 Å². The molecule has 5 heteroatoms. The number of carboxylic acid groups (broad SMARTS) is 1. The van der Waals surface area contributed by atoms with Gasteiger partial charge in [0.1, 0.15) is 5.75 Å². The SMILES string of the molecule is CC1(c2ccc(/C=C/C(=O)O)cc2)c2ccc(O)cc2CCN1c1ccsc1. The minimum absolute atomic E-state index is 0.291. The molecule has 3 aromatic rings. The van der Waals surface area contributed by atoms with Gasteiger partial charge in [0, 0.05) is 23.7 Å². The highest BCUT2D eigenvalue weighted by Gasteiger charge is 2.40. The van der Waals surface area contributed by atoms with Gasteiger partial charge in [-0.15, -0.1) is 0 Å². The summed E-state index contributed by atoms with van der Waals surface area (Å²) < 4.78 is 0. The number of hydrogen-bond donors (Lipinski definition) is 2. The molecule has 142 valence electrons.